The van der Waals surface area contributed by atoms with Gasteiger partial charge >= 0.3 is 0 Å². The van der Waals surface area contributed by atoms with Gasteiger partial charge in [-0.25, -0.2) is 13.6 Å². The summed E-state index contributed by atoms with van der Waals surface area (Å²) in [5.41, 5.74) is 0.793. The van der Waals surface area contributed by atoms with Crippen molar-refractivity contribution in [2.75, 3.05) is 5.32 Å². The minimum Gasteiger partial charge on any atom is -0.472 e. The van der Waals surface area contributed by atoms with Gasteiger partial charge in [0.25, 0.3) is 5.91 Å². The molecule has 0 unspecified atom stereocenters. The van der Waals surface area contributed by atoms with Crippen molar-refractivity contribution in [1.82, 2.24) is 0 Å². The number of nitrogens with two attached hydrogens (primary N) is 1. The molecule has 19 heavy (non-hydrogen) atoms. The molecule has 0 bridgehead atoms. The van der Waals surface area contributed by atoms with Crippen molar-refractivity contribution in [2.45, 2.75) is 4.90 Å². The van der Waals surface area contributed by atoms with E-state index in [0.717, 1.165) is 0 Å². The van der Waals surface area contributed by atoms with E-state index in [4.69, 9.17) is 9.56 Å². The molecule has 0 aliphatic rings. The Hall–Kier alpha value is -1.64. The van der Waals surface area contributed by atoms with Gasteiger partial charge in [0, 0.05) is 4.47 Å². The molecule has 2 rings (SSSR count). The van der Waals surface area contributed by atoms with E-state index in [0.29, 0.717) is 15.7 Å². The van der Waals surface area contributed by atoms with Crippen molar-refractivity contribution < 1.29 is 17.6 Å². The number of sulfonamides is 1. The van der Waals surface area contributed by atoms with E-state index in [1.54, 1.807) is 0 Å². The fourth-order valence-electron chi connectivity index (χ4n) is 1.36. The van der Waals surface area contributed by atoms with E-state index < -0.39 is 10.0 Å². The van der Waals surface area contributed by atoms with Gasteiger partial charge in [0.15, 0.2) is 0 Å². The van der Waals surface area contributed by atoms with Crippen LogP contribution in [0, 0.1) is 0 Å². The van der Waals surface area contributed by atoms with Crippen LogP contribution >= 0.6 is 15.9 Å². The van der Waals surface area contributed by atoms with E-state index in [1.165, 1.54) is 36.8 Å². The van der Waals surface area contributed by atoms with E-state index in [1.807, 2.05) is 0 Å². The lowest BCUT2D eigenvalue weighted by molar-refractivity contribution is 0.102. The summed E-state index contributed by atoms with van der Waals surface area (Å²) in [7, 11) is -3.77. The molecule has 0 aliphatic heterocycles. The lowest BCUT2D eigenvalue weighted by Crippen LogP contribution is -2.14. The Bertz CT molecular complexity index is 710. The van der Waals surface area contributed by atoms with Crippen LogP contribution in [0.25, 0.3) is 0 Å². The van der Waals surface area contributed by atoms with Crippen LogP contribution in [0.2, 0.25) is 0 Å². The highest BCUT2D eigenvalue weighted by Crippen LogP contribution is 2.25. The first-order chi connectivity index (χ1) is 8.88. The third-order valence-corrected chi connectivity index (χ3v) is 3.87. The third-order valence-electron chi connectivity index (χ3n) is 2.30. The zero-order valence-corrected chi connectivity index (χ0v) is 11.9. The van der Waals surface area contributed by atoms with Crippen LogP contribution in [-0.2, 0) is 10.0 Å². The largest absolute Gasteiger partial charge is 0.472 e. The summed E-state index contributed by atoms with van der Waals surface area (Å²) in [6.45, 7) is 0. The van der Waals surface area contributed by atoms with Crippen molar-refractivity contribution in [3.63, 3.8) is 0 Å². The Morgan fingerprint density at radius 3 is 2.58 bits per heavy atom. The number of rotatable bonds is 3. The summed E-state index contributed by atoms with van der Waals surface area (Å²) in [4.78, 5) is 11.7. The van der Waals surface area contributed by atoms with Crippen LogP contribution in [0.3, 0.4) is 0 Å². The quantitative estimate of drug-likeness (QED) is 0.887. The summed E-state index contributed by atoms with van der Waals surface area (Å²) in [5.74, 6) is -0.363. The van der Waals surface area contributed by atoms with Gasteiger partial charge in [-0.05, 0) is 40.2 Å². The molecule has 3 N–H and O–H groups in total. The summed E-state index contributed by atoms with van der Waals surface area (Å²) in [6, 6.07) is 5.59. The molecular formula is C11H9BrN2O4S. The molecule has 100 valence electrons. The Morgan fingerprint density at radius 2 is 2.05 bits per heavy atom. The van der Waals surface area contributed by atoms with Crippen LogP contribution in [0.15, 0.2) is 50.6 Å². The van der Waals surface area contributed by atoms with Gasteiger partial charge in [-0.15, -0.1) is 0 Å². The molecule has 0 atom stereocenters. The summed E-state index contributed by atoms with van der Waals surface area (Å²) in [6.07, 6.45) is 2.69. The molecule has 0 spiro atoms. The number of amides is 1. The second-order valence-corrected chi connectivity index (χ2v) is 6.07. The van der Waals surface area contributed by atoms with Gasteiger partial charge in [0.05, 0.1) is 22.4 Å². The number of carbonyl (C=O) groups excluding carboxylic acids is 1. The molecule has 0 saturated carbocycles. The molecule has 2 aromatic rings. The van der Waals surface area contributed by atoms with E-state index in [-0.39, 0.29) is 10.8 Å². The molecule has 0 saturated heterocycles. The molecule has 6 nitrogen and oxygen atoms in total. The molecule has 0 radical (unpaired) electrons. The summed E-state index contributed by atoms with van der Waals surface area (Å²) < 4.78 is 27.5. The maximum Gasteiger partial charge on any atom is 0.258 e. The minimum absolute atomic E-state index is 0.0410. The van der Waals surface area contributed by atoms with Gasteiger partial charge in [-0.2, -0.15) is 0 Å². The zero-order valence-electron chi connectivity index (χ0n) is 9.46. The Labute approximate surface area is 117 Å². The first-order valence-corrected chi connectivity index (χ1v) is 7.38. The van der Waals surface area contributed by atoms with Crippen molar-refractivity contribution in [2.24, 2.45) is 5.14 Å². The average molecular weight is 345 g/mol. The molecule has 0 aliphatic carbocycles. The number of carbonyl (C=O) groups is 1. The van der Waals surface area contributed by atoms with Crippen LogP contribution in [0.5, 0.6) is 0 Å². The van der Waals surface area contributed by atoms with E-state index in [2.05, 4.69) is 21.2 Å². The predicted molar refractivity (Wildman–Crippen MR) is 72.2 cm³/mol. The maximum atomic E-state index is 11.8. The Balaban J connectivity index is 2.25. The molecule has 1 aromatic heterocycles. The zero-order chi connectivity index (χ0) is 14.0. The van der Waals surface area contributed by atoms with Crippen LogP contribution in [0.4, 0.5) is 5.69 Å². The van der Waals surface area contributed by atoms with E-state index >= 15 is 0 Å². The minimum atomic E-state index is -3.77. The number of primary sulfonamides is 1. The number of furan rings is 1. The summed E-state index contributed by atoms with van der Waals surface area (Å²) >= 11 is 3.17. The van der Waals surface area contributed by atoms with Crippen molar-refractivity contribution in [3.05, 3.63) is 46.8 Å². The second kappa shape index (κ2) is 5.16. The van der Waals surface area contributed by atoms with Crippen molar-refractivity contribution in [1.29, 1.82) is 0 Å². The Morgan fingerprint density at radius 1 is 1.32 bits per heavy atom. The number of benzene rings is 1. The standard InChI is InChI=1S/C11H9BrN2O4S/c12-9-5-8(19(13,16)17)1-2-10(9)14-11(15)7-3-4-18-6-7/h1-6H,(H,14,15)(H2,13,16,17). The highest BCUT2D eigenvalue weighted by Gasteiger charge is 2.13. The fourth-order valence-corrected chi connectivity index (χ4v) is 2.53. The molecular weight excluding hydrogens is 336 g/mol. The van der Waals surface area contributed by atoms with Gasteiger partial charge in [0.1, 0.15) is 6.26 Å². The lowest BCUT2D eigenvalue weighted by atomic mass is 10.3. The predicted octanol–water partition coefficient (Wildman–Crippen LogP) is 1.94. The SMILES string of the molecule is NS(=O)(=O)c1ccc(NC(=O)c2ccoc2)c(Br)c1. The Kier molecular flexibility index (Phi) is 3.74. The summed E-state index contributed by atoms with van der Waals surface area (Å²) in [5, 5.41) is 7.62. The average Bonchev–Trinajstić information content (AvgIpc) is 2.84. The molecule has 8 heteroatoms. The number of nitrogens with one attached hydrogen (secondary N) is 1. The number of anilines is 1. The maximum absolute atomic E-state index is 11.8. The van der Waals surface area contributed by atoms with Gasteiger partial charge in [-0.3, -0.25) is 4.79 Å². The highest BCUT2D eigenvalue weighted by molar-refractivity contribution is 9.10. The van der Waals surface area contributed by atoms with Crippen LogP contribution in [-0.4, -0.2) is 14.3 Å². The van der Waals surface area contributed by atoms with Gasteiger partial charge < -0.3 is 9.73 Å². The smallest absolute Gasteiger partial charge is 0.258 e. The number of hydrogen-bond acceptors (Lipinski definition) is 4. The monoisotopic (exact) mass is 344 g/mol. The number of halogens is 1. The van der Waals surface area contributed by atoms with Gasteiger partial charge in [0.2, 0.25) is 10.0 Å². The lowest BCUT2D eigenvalue weighted by Gasteiger charge is -2.07. The highest BCUT2D eigenvalue weighted by atomic mass is 79.9. The molecule has 1 heterocycles. The number of hydrogen-bond donors (Lipinski definition) is 2. The van der Waals surface area contributed by atoms with E-state index in [9.17, 15) is 13.2 Å². The molecule has 0 fully saturated rings. The second-order valence-electron chi connectivity index (χ2n) is 3.65. The fraction of sp³-hybridized carbons (Fsp3) is 0. The van der Waals surface area contributed by atoms with Crippen molar-refractivity contribution in [3.8, 4) is 0 Å². The van der Waals surface area contributed by atoms with Gasteiger partial charge in [-0.1, -0.05) is 0 Å². The third kappa shape index (κ3) is 3.22. The normalized spacial score (nSPS) is 11.3. The molecule has 1 amide bonds. The van der Waals surface area contributed by atoms with Crippen molar-refractivity contribution >= 4 is 37.5 Å². The molecule has 1 aromatic carbocycles. The topological polar surface area (TPSA) is 102 Å². The van der Waals surface area contributed by atoms with Crippen LogP contribution < -0.4 is 10.5 Å². The first-order valence-electron chi connectivity index (χ1n) is 5.04. The first kappa shape index (κ1) is 13.8. The van der Waals surface area contributed by atoms with Crippen LogP contribution in [0.1, 0.15) is 10.4 Å².